The fourth-order valence-electron chi connectivity index (χ4n) is 2.70. The van der Waals surface area contributed by atoms with Crippen LogP contribution in [0, 0.1) is 6.92 Å². The number of carboxylic acid groups (broad SMARTS) is 1. The van der Waals surface area contributed by atoms with Crippen LogP contribution in [-0.4, -0.2) is 31.0 Å². The summed E-state index contributed by atoms with van der Waals surface area (Å²) in [7, 11) is -3.77. The summed E-state index contributed by atoms with van der Waals surface area (Å²) in [6.07, 6.45) is 1.20. The molecule has 2 aromatic carbocycles. The molecule has 0 unspecified atom stereocenters. The molecule has 0 saturated carbocycles. The van der Waals surface area contributed by atoms with E-state index in [0.29, 0.717) is 23.4 Å². The van der Waals surface area contributed by atoms with Gasteiger partial charge in [-0.05, 0) is 49.6 Å². The van der Waals surface area contributed by atoms with Gasteiger partial charge in [0.25, 0.3) is 0 Å². The van der Waals surface area contributed by atoms with Crippen molar-refractivity contribution in [2.45, 2.75) is 24.7 Å². The molecule has 0 aliphatic carbocycles. The third-order valence-corrected chi connectivity index (χ3v) is 6.95. The van der Waals surface area contributed by atoms with Gasteiger partial charge in [0.05, 0.1) is 16.2 Å². The van der Waals surface area contributed by atoms with Crippen LogP contribution in [0.15, 0.2) is 52.7 Å². The molecule has 3 rings (SSSR count). The van der Waals surface area contributed by atoms with Gasteiger partial charge in [0.15, 0.2) is 0 Å². The lowest BCUT2D eigenvalue weighted by molar-refractivity contribution is 0.0696. The number of carboxylic acids is 1. The zero-order valence-corrected chi connectivity index (χ0v) is 17.9. The minimum atomic E-state index is -3.77. The number of rotatable bonds is 8. The van der Waals surface area contributed by atoms with Crippen LogP contribution in [-0.2, 0) is 16.4 Å². The minimum Gasteiger partial charge on any atom is -0.478 e. The Balaban J connectivity index is 1.57. The highest BCUT2D eigenvalue weighted by Crippen LogP contribution is 2.25. The molecule has 0 aliphatic rings. The van der Waals surface area contributed by atoms with Crippen molar-refractivity contribution in [2.24, 2.45) is 0 Å². The van der Waals surface area contributed by atoms with E-state index in [0.717, 1.165) is 16.3 Å². The smallest absolute Gasteiger partial charge is 0.335 e. The van der Waals surface area contributed by atoms with Gasteiger partial charge >= 0.3 is 5.97 Å². The molecule has 0 saturated heterocycles. The van der Waals surface area contributed by atoms with E-state index in [1.807, 2.05) is 29.6 Å². The summed E-state index contributed by atoms with van der Waals surface area (Å²) < 4.78 is 27.4. The van der Waals surface area contributed by atoms with Crippen LogP contribution in [0.25, 0.3) is 10.6 Å². The average molecular weight is 451 g/mol. The largest absolute Gasteiger partial charge is 0.478 e. The highest BCUT2D eigenvalue weighted by atomic mass is 35.5. The third-order valence-electron chi connectivity index (χ3n) is 4.29. The number of hydrogen-bond acceptors (Lipinski definition) is 5. The predicted molar refractivity (Wildman–Crippen MR) is 114 cm³/mol. The van der Waals surface area contributed by atoms with E-state index in [-0.39, 0.29) is 17.0 Å². The van der Waals surface area contributed by atoms with Gasteiger partial charge < -0.3 is 5.11 Å². The van der Waals surface area contributed by atoms with Crippen molar-refractivity contribution < 1.29 is 18.3 Å². The summed E-state index contributed by atoms with van der Waals surface area (Å²) in [5, 5.41) is 12.7. The first-order chi connectivity index (χ1) is 13.8. The van der Waals surface area contributed by atoms with E-state index in [1.165, 1.54) is 29.5 Å². The second-order valence-electron chi connectivity index (χ2n) is 6.43. The summed E-state index contributed by atoms with van der Waals surface area (Å²) in [6.45, 7) is 1.85. The average Bonchev–Trinajstić information content (AvgIpc) is 3.15. The Labute approximate surface area is 178 Å². The normalized spacial score (nSPS) is 11.5. The number of nitrogens with zero attached hydrogens (tertiary/aromatic N) is 1. The minimum absolute atomic E-state index is 0.0231. The number of sulfonamides is 1. The monoisotopic (exact) mass is 450 g/mol. The summed E-state index contributed by atoms with van der Waals surface area (Å²) in [4.78, 5) is 15.7. The highest BCUT2D eigenvalue weighted by Gasteiger charge is 2.17. The molecule has 1 aromatic heterocycles. The van der Waals surface area contributed by atoms with Crippen molar-refractivity contribution >= 4 is 38.9 Å². The molecule has 3 aromatic rings. The maximum atomic E-state index is 12.4. The second kappa shape index (κ2) is 9.04. The van der Waals surface area contributed by atoms with Crippen LogP contribution in [0.1, 0.15) is 28.0 Å². The fourth-order valence-corrected chi connectivity index (χ4v) is 4.79. The van der Waals surface area contributed by atoms with Crippen molar-refractivity contribution in [2.75, 3.05) is 6.54 Å². The number of hydrogen-bond donors (Lipinski definition) is 2. The van der Waals surface area contributed by atoms with Crippen LogP contribution in [0.4, 0.5) is 0 Å². The molecule has 0 amide bonds. The van der Waals surface area contributed by atoms with Crippen molar-refractivity contribution in [1.29, 1.82) is 0 Å². The Morgan fingerprint density at radius 3 is 2.62 bits per heavy atom. The number of thiazole rings is 1. The Kier molecular flexibility index (Phi) is 6.69. The van der Waals surface area contributed by atoms with Crippen LogP contribution < -0.4 is 4.72 Å². The molecule has 0 aliphatic heterocycles. The Hall–Kier alpha value is -2.26. The molecule has 9 heteroatoms. The molecule has 2 N–H and O–H groups in total. The van der Waals surface area contributed by atoms with Crippen molar-refractivity contribution in [1.82, 2.24) is 9.71 Å². The summed E-state index contributed by atoms with van der Waals surface area (Å²) >= 11 is 7.43. The zero-order valence-electron chi connectivity index (χ0n) is 15.6. The predicted octanol–water partition coefficient (Wildman–Crippen LogP) is 4.38. The summed E-state index contributed by atoms with van der Waals surface area (Å²) in [6, 6.07) is 11.5. The molecule has 1 heterocycles. The molecule has 0 radical (unpaired) electrons. The zero-order chi connectivity index (χ0) is 21.0. The first-order valence-corrected chi connectivity index (χ1v) is 11.5. The van der Waals surface area contributed by atoms with Crippen LogP contribution in [0.2, 0.25) is 5.02 Å². The van der Waals surface area contributed by atoms with Gasteiger partial charge in [0, 0.05) is 22.5 Å². The van der Waals surface area contributed by atoms with Crippen molar-refractivity contribution in [3.63, 3.8) is 0 Å². The number of aryl methyl sites for hydroxylation is 2. The van der Waals surface area contributed by atoms with E-state index >= 15 is 0 Å². The van der Waals surface area contributed by atoms with Gasteiger partial charge in [-0.25, -0.2) is 22.9 Å². The Morgan fingerprint density at radius 2 is 1.93 bits per heavy atom. The SMILES string of the molecule is Cc1ccc(S(=O)(=O)NCCCc2csc(-c3ccc(Cl)cc3)n2)cc1C(=O)O. The summed E-state index contributed by atoms with van der Waals surface area (Å²) in [5.74, 6) is -1.15. The van der Waals surface area contributed by atoms with E-state index in [9.17, 15) is 13.2 Å². The molecule has 0 spiro atoms. The van der Waals surface area contributed by atoms with Gasteiger partial charge in [0.1, 0.15) is 5.01 Å². The Bertz CT molecular complexity index is 1130. The first kappa shape index (κ1) is 21.4. The molecular weight excluding hydrogens is 432 g/mol. The fraction of sp³-hybridized carbons (Fsp3) is 0.200. The van der Waals surface area contributed by atoms with Gasteiger partial charge in [0.2, 0.25) is 10.0 Å². The second-order valence-corrected chi connectivity index (χ2v) is 9.50. The van der Waals surface area contributed by atoms with Gasteiger partial charge in [-0.15, -0.1) is 11.3 Å². The summed E-state index contributed by atoms with van der Waals surface area (Å²) in [5.41, 5.74) is 2.36. The number of aromatic carboxylic acids is 1. The standard InChI is InChI=1S/C20H19ClN2O4S2/c1-13-4-9-17(11-18(13)20(24)25)29(26,27)22-10-2-3-16-12-28-19(23-16)14-5-7-15(21)8-6-14/h4-9,11-12,22H,2-3,10H2,1H3,(H,24,25). The topological polar surface area (TPSA) is 96.4 Å². The van der Waals surface area contributed by atoms with Crippen LogP contribution in [0.5, 0.6) is 0 Å². The lowest BCUT2D eigenvalue weighted by Crippen LogP contribution is -2.25. The quantitative estimate of drug-likeness (QED) is 0.496. The van der Waals surface area contributed by atoms with Crippen molar-refractivity contribution in [3.05, 3.63) is 69.7 Å². The van der Waals surface area contributed by atoms with Crippen LogP contribution in [0.3, 0.4) is 0 Å². The molecular formula is C20H19ClN2O4S2. The molecule has 0 bridgehead atoms. The first-order valence-electron chi connectivity index (χ1n) is 8.80. The maximum absolute atomic E-state index is 12.4. The van der Waals surface area contributed by atoms with E-state index in [4.69, 9.17) is 16.7 Å². The van der Waals surface area contributed by atoms with Crippen molar-refractivity contribution in [3.8, 4) is 10.6 Å². The van der Waals surface area contributed by atoms with Crippen LogP contribution >= 0.6 is 22.9 Å². The molecule has 29 heavy (non-hydrogen) atoms. The van der Waals surface area contributed by atoms with E-state index < -0.39 is 16.0 Å². The number of nitrogens with one attached hydrogen (secondary N) is 1. The number of halogens is 1. The lowest BCUT2D eigenvalue weighted by atomic mass is 10.1. The van der Waals surface area contributed by atoms with Gasteiger partial charge in [-0.3, -0.25) is 0 Å². The molecule has 6 nitrogen and oxygen atoms in total. The molecule has 0 fully saturated rings. The van der Waals surface area contributed by atoms with Gasteiger partial charge in [-0.2, -0.15) is 0 Å². The highest BCUT2D eigenvalue weighted by molar-refractivity contribution is 7.89. The number of carbonyl (C=O) groups is 1. The number of benzene rings is 2. The number of aromatic nitrogens is 1. The third kappa shape index (κ3) is 5.42. The van der Waals surface area contributed by atoms with Gasteiger partial charge in [-0.1, -0.05) is 29.8 Å². The lowest BCUT2D eigenvalue weighted by Gasteiger charge is -2.08. The Morgan fingerprint density at radius 1 is 1.21 bits per heavy atom. The van der Waals surface area contributed by atoms with E-state index in [1.54, 1.807) is 6.92 Å². The molecule has 152 valence electrons. The van der Waals surface area contributed by atoms with E-state index in [2.05, 4.69) is 9.71 Å². The maximum Gasteiger partial charge on any atom is 0.335 e. The molecule has 0 atom stereocenters.